The van der Waals surface area contributed by atoms with E-state index in [4.69, 9.17) is 19.6 Å². The van der Waals surface area contributed by atoms with Gasteiger partial charge in [0, 0.05) is 10.9 Å². The Balaban J connectivity index is 2.20. The van der Waals surface area contributed by atoms with Crippen LogP contribution in [0.4, 0.5) is 13.2 Å². The fourth-order valence-corrected chi connectivity index (χ4v) is 2.67. The summed E-state index contributed by atoms with van der Waals surface area (Å²) in [7, 11) is 1.33. The van der Waals surface area contributed by atoms with Crippen molar-refractivity contribution in [3.63, 3.8) is 0 Å². The standard InChI is InChI=1S/C18H16F3N3O4/c1-3-27-17(25)15-12(8-22)28-16(24-15)10-4-6-11(26-2)14-9(10)5-7-13(23-14)18(19,20)21/h4-7H,3,8,22H2,1-2H3. The second kappa shape index (κ2) is 7.47. The number of alkyl halides is 3. The molecule has 0 spiro atoms. The minimum Gasteiger partial charge on any atom is -0.494 e. The average molecular weight is 395 g/mol. The van der Waals surface area contributed by atoms with Crippen molar-refractivity contribution in [2.24, 2.45) is 5.73 Å². The Labute approximate surface area is 157 Å². The third-order valence-corrected chi connectivity index (χ3v) is 3.91. The summed E-state index contributed by atoms with van der Waals surface area (Å²) in [5.74, 6) is -0.427. The molecule has 0 aliphatic carbocycles. The lowest BCUT2D eigenvalue weighted by atomic mass is 10.1. The largest absolute Gasteiger partial charge is 0.494 e. The predicted octanol–water partition coefficient (Wildman–Crippen LogP) is 3.55. The summed E-state index contributed by atoms with van der Waals surface area (Å²) in [4.78, 5) is 19.8. The number of pyridine rings is 1. The number of carbonyl (C=O) groups excluding carboxylic acids is 1. The van der Waals surface area contributed by atoms with E-state index >= 15 is 0 Å². The zero-order valence-electron chi connectivity index (χ0n) is 15.0. The minimum atomic E-state index is -4.61. The minimum absolute atomic E-state index is 0.0118. The quantitative estimate of drug-likeness (QED) is 0.659. The van der Waals surface area contributed by atoms with Gasteiger partial charge in [0.1, 0.15) is 17.0 Å². The summed E-state index contributed by atoms with van der Waals surface area (Å²) in [6.45, 7) is 1.67. The molecule has 28 heavy (non-hydrogen) atoms. The molecule has 1 aromatic carbocycles. The van der Waals surface area contributed by atoms with E-state index < -0.39 is 17.8 Å². The van der Waals surface area contributed by atoms with Gasteiger partial charge in [0.2, 0.25) is 5.89 Å². The number of benzene rings is 1. The highest BCUT2D eigenvalue weighted by Crippen LogP contribution is 2.36. The van der Waals surface area contributed by atoms with Gasteiger partial charge in [0.25, 0.3) is 0 Å². The molecule has 0 aliphatic rings. The summed E-state index contributed by atoms with van der Waals surface area (Å²) < 4.78 is 54.7. The van der Waals surface area contributed by atoms with Crippen LogP contribution < -0.4 is 10.5 Å². The van der Waals surface area contributed by atoms with Crippen molar-refractivity contribution in [1.82, 2.24) is 9.97 Å². The molecule has 0 saturated heterocycles. The second-order valence-corrected chi connectivity index (χ2v) is 5.62. The van der Waals surface area contributed by atoms with Crippen LogP contribution in [0.3, 0.4) is 0 Å². The number of carbonyl (C=O) groups is 1. The van der Waals surface area contributed by atoms with E-state index in [-0.39, 0.29) is 41.8 Å². The zero-order valence-corrected chi connectivity index (χ0v) is 15.0. The number of nitrogens with zero attached hydrogens (tertiary/aromatic N) is 2. The lowest BCUT2D eigenvalue weighted by Crippen LogP contribution is -2.09. The van der Waals surface area contributed by atoms with Gasteiger partial charge in [-0.1, -0.05) is 0 Å². The van der Waals surface area contributed by atoms with Crippen LogP contribution in [0.15, 0.2) is 28.7 Å². The van der Waals surface area contributed by atoms with Crippen LogP contribution in [0.2, 0.25) is 0 Å². The number of rotatable bonds is 5. The molecule has 0 atom stereocenters. The first-order valence-corrected chi connectivity index (χ1v) is 8.22. The fourth-order valence-electron chi connectivity index (χ4n) is 2.67. The van der Waals surface area contributed by atoms with Gasteiger partial charge in [-0.05, 0) is 31.2 Å². The van der Waals surface area contributed by atoms with Crippen LogP contribution in [0, 0.1) is 0 Å². The Bertz CT molecular complexity index is 1030. The molecule has 2 N–H and O–H groups in total. The molecule has 148 valence electrons. The highest BCUT2D eigenvalue weighted by atomic mass is 19.4. The molecule has 0 unspecified atom stereocenters. The van der Waals surface area contributed by atoms with E-state index in [0.29, 0.717) is 10.9 Å². The van der Waals surface area contributed by atoms with Crippen LogP contribution in [0.25, 0.3) is 22.4 Å². The number of hydrogen-bond acceptors (Lipinski definition) is 7. The number of oxazole rings is 1. The molecule has 10 heteroatoms. The van der Waals surface area contributed by atoms with Crippen molar-refractivity contribution in [1.29, 1.82) is 0 Å². The fraction of sp³-hybridized carbons (Fsp3) is 0.278. The Morgan fingerprint density at radius 3 is 2.57 bits per heavy atom. The Morgan fingerprint density at radius 2 is 1.96 bits per heavy atom. The molecule has 0 aliphatic heterocycles. The van der Waals surface area contributed by atoms with E-state index in [1.807, 2.05) is 0 Å². The molecule has 2 aromatic heterocycles. The molecular formula is C18H16F3N3O4. The van der Waals surface area contributed by atoms with E-state index in [1.54, 1.807) is 13.0 Å². The van der Waals surface area contributed by atoms with Crippen molar-refractivity contribution in [3.8, 4) is 17.2 Å². The molecule has 3 aromatic rings. The maximum absolute atomic E-state index is 13.0. The number of ether oxygens (including phenoxy) is 2. The van der Waals surface area contributed by atoms with Gasteiger partial charge in [-0.3, -0.25) is 0 Å². The second-order valence-electron chi connectivity index (χ2n) is 5.62. The number of fused-ring (bicyclic) bond motifs is 1. The summed E-state index contributed by atoms with van der Waals surface area (Å²) in [6, 6.07) is 5.10. The maximum atomic E-state index is 13.0. The first kappa shape index (κ1) is 19.6. The summed E-state index contributed by atoms with van der Waals surface area (Å²) in [5, 5.41) is 0.313. The smallest absolute Gasteiger partial charge is 0.433 e. The van der Waals surface area contributed by atoms with Gasteiger partial charge in [0.05, 0.1) is 20.3 Å². The van der Waals surface area contributed by atoms with Crippen molar-refractivity contribution in [3.05, 3.63) is 41.4 Å². The molecule has 2 heterocycles. The van der Waals surface area contributed by atoms with Crippen molar-refractivity contribution in [2.45, 2.75) is 19.6 Å². The molecular weight excluding hydrogens is 379 g/mol. The lowest BCUT2D eigenvalue weighted by Gasteiger charge is -2.11. The Kier molecular flexibility index (Phi) is 5.23. The molecule has 3 rings (SSSR count). The normalized spacial score (nSPS) is 11.6. The molecule has 0 amide bonds. The van der Waals surface area contributed by atoms with Gasteiger partial charge in [-0.25, -0.2) is 14.8 Å². The molecule has 0 radical (unpaired) electrons. The molecule has 0 bridgehead atoms. The number of methoxy groups -OCH3 is 1. The van der Waals surface area contributed by atoms with Crippen LogP contribution in [0.1, 0.15) is 28.9 Å². The van der Waals surface area contributed by atoms with Crippen molar-refractivity contribution < 1.29 is 31.9 Å². The van der Waals surface area contributed by atoms with Crippen LogP contribution >= 0.6 is 0 Å². The Morgan fingerprint density at radius 1 is 1.21 bits per heavy atom. The van der Waals surface area contributed by atoms with Gasteiger partial charge in [-0.2, -0.15) is 13.2 Å². The predicted molar refractivity (Wildman–Crippen MR) is 92.6 cm³/mol. The number of esters is 1. The third-order valence-electron chi connectivity index (χ3n) is 3.91. The number of nitrogens with two attached hydrogens (primary N) is 1. The summed E-state index contributed by atoms with van der Waals surface area (Å²) in [6.07, 6.45) is -4.61. The number of hydrogen-bond donors (Lipinski definition) is 1. The van der Waals surface area contributed by atoms with E-state index in [9.17, 15) is 18.0 Å². The number of aromatic nitrogens is 2. The zero-order chi connectivity index (χ0) is 20.5. The lowest BCUT2D eigenvalue weighted by molar-refractivity contribution is -0.140. The number of halogens is 3. The van der Waals surface area contributed by atoms with Gasteiger partial charge >= 0.3 is 12.1 Å². The molecule has 0 saturated carbocycles. The van der Waals surface area contributed by atoms with Gasteiger partial charge in [-0.15, -0.1) is 0 Å². The van der Waals surface area contributed by atoms with E-state index in [0.717, 1.165) is 6.07 Å². The molecule has 7 nitrogen and oxygen atoms in total. The van der Waals surface area contributed by atoms with Crippen LogP contribution in [-0.4, -0.2) is 29.7 Å². The first-order valence-electron chi connectivity index (χ1n) is 8.22. The monoisotopic (exact) mass is 395 g/mol. The van der Waals surface area contributed by atoms with E-state index in [1.165, 1.54) is 19.2 Å². The first-order chi connectivity index (χ1) is 13.3. The van der Waals surface area contributed by atoms with Gasteiger partial charge in [0.15, 0.2) is 11.5 Å². The highest BCUT2D eigenvalue weighted by molar-refractivity contribution is 5.97. The third kappa shape index (κ3) is 3.50. The van der Waals surface area contributed by atoms with E-state index in [2.05, 4.69) is 9.97 Å². The van der Waals surface area contributed by atoms with Crippen LogP contribution in [-0.2, 0) is 17.5 Å². The topological polar surface area (TPSA) is 100 Å². The Hall–Kier alpha value is -3.14. The molecule has 0 fully saturated rings. The summed E-state index contributed by atoms with van der Waals surface area (Å²) >= 11 is 0. The van der Waals surface area contributed by atoms with Crippen molar-refractivity contribution >= 4 is 16.9 Å². The van der Waals surface area contributed by atoms with Crippen LogP contribution in [0.5, 0.6) is 5.75 Å². The maximum Gasteiger partial charge on any atom is 0.433 e. The average Bonchev–Trinajstić information content (AvgIpc) is 3.10. The SMILES string of the molecule is CCOC(=O)c1nc(-c2ccc(OC)c3nc(C(F)(F)F)ccc23)oc1CN. The van der Waals surface area contributed by atoms with Gasteiger partial charge < -0.3 is 19.6 Å². The van der Waals surface area contributed by atoms with Crippen molar-refractivity contribution in [2.75, 3.05) is 13.7 Å². The summed E-state index contributed by atoms with van der Waals surface area (Å²) in [5.41, 5.74) is 4.79. The highest BCUT2D eigenvalue weighted by Gasteiger charge is 2.33.